The highest BCUT2D eigenvalue weighted by Gasteiger charge is 2.27. The van der Waals surface area contributed by atoms with E-state index in [4.69, 9.17) is 0 Å². The van der Waals surface area contributed by atoms with Crippen LogP contribution < -0.4 is 10.6 Å². The van der Waals surface area contributed by atoms with Crippen molar-refractivity contribution in [1.82, 2.24) is 15.5 Å². The van der Waals surface area contributed by atoms with Crippen molar-refractivity contribution in [2.24, 2.45) is 0 Å². The number of amides is 2. The molecular formula is C14H27N3O2. The Balaban J connectivity index is 2.29. The van der Waals surface area contributed by atoms with Gasteiger partial charge in [0.25, 0.3) is 0 Å². The smallest absolute Gasteiger partial charge is 0.222 e. The summed E-state index contributed by atoms with van der Waals surface area (Å²) in [6.07, 6.45) is 1.52. The van der Waals surface area contributed by atoms with Crippen LogP contribution in [0.2, 0.25) is 0 Å². The van der Waals surface area contributed by atoms with Crippen molar-refractivity contribution < 1.29 is 9.59 Å². The monoisotopic (exact) mass is 269 g/mol. The van der Waals surface area contributed by atoms with Crippen LogP contribution in [-0.4, -0.2) is 47.9 Å². The number of carbonyl (C=O) groups excluding carboxylic acids is 2. The SMILES string of the molecule is CC(C)NC(=O)CCCC(=O)N1CCNC(C)C1C. The third-order valence-electron chi connectivity index (χ3n) is 3.60. The predicted octanol–water partition coefficient (Wildman–Crippen LogP) is 0.890. The van der Waals surface area contributed by atoms with Crippen LogP contribution in [0.3, 0.4) is 0 Å². The molecule has 0 saturated carbocycles. The average molecular weight is 269 g/mol. The van der Waals surface area contributed by atoms with Crippen LogP contribution in [-0.2, 0) is 9.59 Å². The topological polar surface area (TPSA) is 61.4 Å². The lowest BCUT2D eigenvalue weighted by atomic mass is 10.1. The summed E-state index contributed by atoms with van der Waals surface area (Å²) < 4.78 is 0. The first kappa shape index (κ1) is 16.0. The summed E-state index contributed by atoms with van der Waals surface area (Å²) >= 11 is 0. The zero-order valence-electron chi connectivity index (χ0n) is 12.5. The summed E-state index contributed by atoms with van der Waals surface area (Å²) in [5.41, 5.74) is 0. The number of carbonyl (C=O) groups is 2. The fourth-order valence-electron chi connectivity index (χ4n) is 2.35. The minimum Gasteiger partial charge on any atom is -0.354 e. The summed E-state index contributed by atoms with van der Waals surface area (Å²) in [4.78, 5) is 25.5. The Hall–Kier alpha value is -1.10. The first-order valence-corrected chi connectivity index (χ1v) is 7.24. The van der Waals surface area contributed by atoms with E-state index in [9.17, 15) is 9.59 Å². The number of rotatable bonds is 5. The van der Waals surface area contributed by atoms with Gasteiger partial charge in [-0.25, -0.2) is 0 Å². The number of hydrogen-bond donors (Lipinski definition) is 2. The molecule has 1 aliphatic rings. The minimum absolute atomic E-state index is 0.0320. The lowest BCUT2D eigenvalue weighted by molar-refractivity contribution is -0.135. The zero-order valence-corrected chi connectivity index (χ0v) is 12.5. The van der Waals surface area contributed by atoms with E-state index >= 15 is 0 Å². The third kappa shape index (κ3) is 5.19. The maximum Gasteiger partial charge on any atom is 0.222 e. The van der Waals surface area contributed by atoms with Crippen molar-refractivity contribution in [2.45, 2.75) is 65.1 Å². The van der Waals surface area contributed by atoms with E-state index in [1.54, 1.807) is 0 Å². The summed E-state index contributed by atoms with van der Waals surface area (Å²) in [5, 5.41) is 6.19. The normalized spacial score (nSPS) is 23.5. The Morgan fingerprint density at radius 2 is 2.00 bits per heavy atom. The van der Waals surface area contributed by atoms with E-state index in [2.05, 4.69) is 24.5 Å². The van der Waals surface area contributed by atoms with Crippen molar-refractivity contribution in [2.75, 3.05) is 13.1 Å². The molecule has 1 fully saturated rings. The van der Waals surface area contributed by atoms with E-state index in [-0.39, 0.29) is 23.9 Å². The Kier molecular flexibility index (Phi) is 6.28. The molecule has 1 rings (SSSR count). The molecule has 0 aliphatic carbocycles. The molecule has 19 heavy (non-hydrogen) atoms. The van der Waals surface area contributed by atoms with Crippen molar-refractivity contribution in [1.29, 1.82) is 0 Å². The third-order valence-corrected chi connectivity index (χ3v) is 3.60. The molecule has 5 nitrogen and oxygen atoms in total. The van der Waals surface area contributed by atoms with Gasteiger partial charge in [0.15, 0.2) is 0 Å². The van der Waals surface area contributed by atoms with Gasteiger partial charge in [0.1, 0.15) is 0 Å². The van der Waals surface area contributed by atoms with Crippen molar-refractivity contribution in [3.8, 4) is 0 Å². The van der Waals surface area contributed by atoms with Crippen molar-refractivity contribution >= 4 is 11.8 Å². The number of nitrogens with one attached hydrogen (secondary N) is 2. The maximum absolute atomic E-state index is 12.1. The molecule has 2 amide bonds. The predicted molar refractivity (Wildman–Crippen MR) is 75.8 cm³/mol. The van der Waals surface area contributed by atoms with Crippen molar-refractivity contribution in [3.63, 3.8) is 0 Å². The Bertz CT molecular complexity index is 318. The molecule has 1 aliphatic heterocycles. The highest BCUT2D eigenvalue weighted by molar-refractivity contribution is 5.79. The van der Waals surface area contributed by atoms with E-state index < -0.39 is 0 Å². The molecule has 2 atom stereocenters. The van der Waals surface area contributed by atoms with Gasteiger partial charge in [0, 0.05) is 44.1 Å². The van der Waals surface area contributed by atoms with Crippen LogP contribution >= 0.6 is 0 Å². The molecule has 0 bridgehead atoms. The fourth-order valence-corrected chi connectivity index (χ4v) is 2.35. The van der Waals surface area contributed by atoms with E-state index in [1.165, 1.54) is 0 Å². The van der Waals surface area contributed by atoms with Gasteiger partial charge in [0.05, 0.1) is 0 Å². The van der Waals surface area contributed by atoms with E-state index in [0.29, 0.717) is 25.3 Å². The molecule has 110 valence electrons. The molecule has 0 aromatic rings. The molecule has 1 heterocycles. The lowest BCUT2D eigenvalue weighted by Crippen LogP contribution is -2.57. The summed E-state index contributed by atoms with van der Waals surface area (Å²) in [5.74, 6) is 0.197. The number of piperazine rings is 1. The quantitative estimate of drug-likeness (QED) is 0.779. The van der Waals surface area contributed by atoms with Crippen molar-refractivity contribution in [3.05, 3.63) is 0 Å². The summed E-state index contributed by atoms with van der Waals surface area (Å²) in [6.45, 7) is 9.66. The lowest BCUT2D eigenvalue weighted by Gasteiger charge is -2.38. The molecule has 2 unspecified atom stereocenters. The summed E-state index contributed by atoms with van der Waals surface area (Å²) in [6, 6.07) is 0.727. The first-order chi connectivity index (χ1) is 8.91. The second kappa shape index (κ2) is 7.48. The van der Waals surface area contributed by atoms with Gasteiger partial charge in [0.2, 0.25) is 11.8 Å². The van der Waals surface area contributed by atoms with Crippen LogP contribution in [0.1, 0.15) is 47.0 Å². The van der Waals surface area contributed by atoms with Crippen LogP contribution in [0, 0.1) is 0 Å². The second-order valence-electron chi connectivity index (χ2n) is 5.65. The van der Waals surface area contributed by atoms with Gasteiger partial charge in [-0.1, -0.05) is 0 Å². The Morgan fingerprint density at radius 1 is 1.32 bits per heavy atom. The molecule has 0 radical (unpaired) electrons. The van der Waals surface area contributed by atoms with Gasteiger partial charge < -0.3 is 15.5 Å². The van der Waals surface area contributed by atoms with Crippen LogP contribution in [0.15, 0.2) is 0 Å². The van der Waals surface area contributed by atoms with E-state index in [0.717, 1.165) is 13.1 Å². The van der Waals surface area contributed by atoms with Crippen LogP contribution in [0.4, 0.5) is 0 Å². The van der Waals surface area contributed by atoms with Crippen LogP contribution in [0.25, 0.3) is 0 Å². The molecule has 0 aromatic carbocycles. The standard InChI is InChI=1S/C14H27N3O2/c1-10(2)16-13(18)6-5-7-14(19)17-9-8-15-11(3)12(17)4/h10-12,15H,5-9H2,1-4H3,(H,16,18). The second-order valence-corrected chi connectivity index (χ2v) is 5.65. The molecule has 1 saturated heterocycles. The van der Waals surface area contributed by atoms with Gasteiger partial charge in [-0.3, -0.25) is 9.59 Å². The van der Waals surface area contributed by atoms with Gasteiger partial charge in [-0.15, -0.1) is 0 Å². The van der Waals surface area contributed by atoms with Crippen LogP contribution in [0.5, 0.6) is 0 Å². The maximum atomic E-state index is 12.1. The summed E-state index contributed by atoms with van der Waals surface area (Å²) in [7, 11) is 0. The van der Waals surface area contributed by atoms with E-state index in [1.807, 2.05) is 18.7 Å². The zero-order chi connectivity index (χ0) is 14.4. The highest BCUT2D eigenvalue weighted by atomic mass is 16.2. The molecule has 0 aromatic heterocycles. The average Bonchev–Trinajstić information content (AvgIpc) is 2.31. The Labute approximate surface area is 116 Å². The van der Waals surface area contributed by atoms with Gasteiger partial charge >= 0.3 is 0 Å². The number of hydrogen-bond acceptors (Lipinski definition) is 3. The molecule has 2 N–H and O–H groups in total. The van der Waals surface area contributed by atoms with Gasteiger partial charge in [-0.05, 0) is 34.1 Å². The molecule has 5 heteroatoms. The minimum atomic E-state index is 0.0320. The van der Waals surface area contributed by atoms with Gasteiger partial charge in [-0.2, -0.15) is 0 Å². The molecular weight excluding hydrogens is 242 g/mol. The Morgan fingerprint density at radius 3 is 2.63 bits per heavy atom. The molecule has 0 spiro atoms. The highest BCUT2D eigenvalue weighted by Crippen LogP contribution is 2.11. The number of nitrogens with zero attached hydrogens (tertiary/aromatic N) is 1. The fraction of sp³-hybridized carbons (Fsp3) is 0.857. The first-order valence-electron chi connectivity index (χ1n) is 7.24. The largest absolute Gasteiger partial charge is 0.354 e.